The maximum Gasteiger partial charge on any atom is 0.346 e. The topological polar surface area (TPSA) is 40.5 Å². The Balaban J connectivity index is 1.31. The molecular formula is C29H30ClN2O2S+. The number of amides is 1. The summed E-state index contributed by atoms with van der Waals surface area (Å²) in [7, 11) is 0. The number of nitrogens with zero attached hydrogens (tertiary/aromatic N) is 2. The number of piperidine rings is 1. The van der Waals surface area contributed by atoms with Crippen LogP contribution in [-0.2, 0) is 0 Å². The number of hydrogen-bond acceptors (Lipinski definition) is 4. The SMILES string of the molecule is O=C(c1ccccc1)[N+]1(CCCN2c3ccccc3Sc3ccc(Cl)cc32)C2CCC1CC(O)C2. The smallest absolute Gasteiger partial charge is 0.346 e. The molecule has 0 spiro atoms. The number of anilines is 2. The van der Waals surface area contributed by atoms with Crippen LogP contribution in [0.3, 0.4) is 0 Å². The van der Waals surface area contributed by atoms with Gasteiger partial charge in [-0.2, -0.15) is 0 Å². The largest absolute Gasteiger partial charge is 0.393 e. The third kappa shape index (κ3) is 3.99. The van der Waals surface area contributed by atoms with Gasteiger partial charge in [-0.05, 0) is 42.5 Å². The van der Waals surface area contributed by atoms with Gasteiger partial charge in [0.2, 0.25) is 0 Å². The number of rotatable bonds is 5. The number of para-hydroxylation sites is 1. The Labute approximate surface area is 216 Å². The van der Waals surface area contributed by atoms with Gasteiger partial charge in [-0.25, -0.2) is 4.79 Å². The van der Waals surface area contributed by atoms with E-state index >= 15 is 0 Å². The number of quaternary nitrogens is 1. The van der Waals surface area contributed by atoms with Crippen LogP contribution < -0.4 is 4.90 Å². The molecule has 0 aliphatic carbocycles. The van der Waals surface area contributed by atoms with E-state index in [4.69, 9.17) is 11.6 Å². The van der Waals surface area contributed by atoms with Gasteiger partial charge in [-0.3, -0.25) is 4.48 Å². The summed E-state index contributed by atoms with van der Waals surface area (Å²) in [5.41, 5.74) is 3.13. The number of aliphatic hydroxyl groups is 1. The van der Waals surface area contributed by atoms with Gasteiger partial charge in [0.1, 0.15) is 0 Å². The molecule has 3 heterocycles. The third-order valence-electron chi connectivity index (χ3n) is 8.12. The van der Waals surface area contributed by atoms with Crippen molar-refractivity contribution in [3.63, 3.8) is 0 Å². The predicted molar refractivity (Wildman–Crippen MR) is 142 cm³/mol. The van der Waals surface area contributed by atoms with Crippen LogP contribution in [0.15, 0.2) is 82.6 Å². The summed E-state index contributed by atoms with van der Waals surface area (Å²) >= 11 is 8.19. The average molecular weight is 506 g/mol. The Hall–Kier alpha value is -2.31. The highest BCUT2D eigenvalue weighted by molar-refractivity contribution is 7.99. The molecule has 3 aromatic carbocycles. The first-order valence-electron chi connectivity index (χ1n) is 12.6. The molecule has 1 amide bonds. The van der Waals surface area contributed by atoms with Crippen molar-refractivity contribution < 1.29 is 14.4 Å². The van der Waals surface area contributed by atoms with Crippen molar-refractivity contribution in [2.45, 2.75) is 60.1 Å². The Kier molecular flexibility index (Phi) is 6.13. The van der Waals surface area contributed by atoms with Gasteiger partial charge in [0.15, 0.2) is 0 Å². The molecule has 35 heavy (non-hydrogen) atoms. The zero-order valence-corrected chi connectivity index (χ0v) is 21.2. The molecular weight excluding hydrogens is 476 g/mol. The van der Waals surface area contributed by atoms with Crippen molar-refractivity contribution in [3.8, 4) is 0 Å². The maximum absolute atomic E-state index is 14.1. The Morgan fingerprint density at radius 1 is 0.943 bits per heavy atom. The van der Waals surface area contributed by atoms with Gasteiger partial charge in [0.05, 0.1) is 41.7 Å². The van der Waals surface area contributed by atoms with Crippen LogP contribution in [0.1, 0.15) is 42.5 Å². The number of fused-ring (bicyclic) bond motifs is 4. The first-order valence-corrected chi connectivity index (χ1v) is 13.7. The van der Waals surface area contributed by atoms with Crippen molar-refractivity contribution in [2.75, 3.05) is 18.0 Å². The van der Waals surface area contributed by atoms with E-state index in [9.17, 15) is 9.90 Å². The molecule has 3 aromatic rings. The molecule has 1 N–H and O–H groups in total. The summed E-state index contributed by atoms with van der Waals surface area (Å²) in [4.78, 5) is 18.9. The van der Waals surface area contributed by atoms with Crippen molar-refractivity contribution >= 4 is 40.6 Å². The molecule has 180 valence electrons. The van der Waals surface area contributed by atoms with Crippen LogP contribution >= 0.6 is 23.4 Å². The fourth-order valence-electron chi connectivity index (χ4n) is 6.63. The van der Waals surface area contributed by atoms with Crippen molar-refractivity contribution in [1.82, 2.24) is 0 Å². The van der Waals surface area contributed by atoms with E-state index in [1.165, 1.54) is 15.5 Å². The molecule has 3 aliphatic rings. The lowest BCUT2D eigenvalue weighted by molar-refractivity contribution is -0.892. The number of halogens is 1. The van der Waals surface area contributed by atoms with Gasteiger partial charge in [-0.15, -0.1) is 0 Å². The van der Waals surface area contributed by atoms with E-state index < -0.39 is 0 Å². The zero-order chi connectivity index (χ0) is 24.0. The minimum absolute atomic E-state index is 0.197. The normalized spacial score (nSPS) is 26.8. The van der Waals surface area contributed by atoms with E-state index in [2.05, 4.69) is 41.3 Å². The highest BCUT2D eigenvalue weighted by Crippen LogP contribution is 2.49. The molecule has 0 radical (unpaired) electrons. The lowest BCUT2D eigenvalue weighted by atomic mass is 9.93. The minimum atomic E-state index is -0.290. The quantitative estimate of drug-likeness (QED) is 0.393. The Bertz CT molecular complexity index is 1240. The highest BCUT2D eigenvalue weighted by Gasteiger charge is 2.58. The summed E-state index contributed by atoms with van der Waals surface area (Å²) in [5.74, 6) is 0.225. The zero-order valence-electron chi connectivity index (χ0n) is 19.6. The van der Waals surface area contributed by atoms with E-state index in [1.807, 2.05) is 36.4 Å². The lowest BCUT2D eigenvalue weighted by Crippen LogP contribution is -2.65. The summed E-state index contributed by atoms with van der Waals surface area (Å²) in [6, 6.07) is 24.8. The first kappa shape index (κ1) is 23.1. The molecule has 2 fully saturated rings. The van der Waals surface area contributed by atoms with Crippen LogP contribution in [-0.4, -0.2) is 46.8 Å². The molecule has 2 saturated heterocycles. The molecule has 6 heteroatoms. The summed E-state index contributed by atoms with van der Waals surface area (Å²) in [6.07, 6.45) is 4.06. The molecule has 0 saturated carbocycles. The van der Waals surface area contributed by atoms with Crippen LogP contribution in [0.5, 0.6) is 0 Å². The molecule has 3 aliphatic heterocycles. The van der Waals surface area contributed by atoms with Crippen molar-refractivity contribution in [1.29, 1.82) is 0 Å². The van der Waals surface area contributed by atoms with Crippen LogP contribution in [0.4, 0.5) is 11.4 Å². The van der Waals surface area contributed by atoms with Gasteiger partial charge in [-0.1, -0.05) is 53.7 Å². The van der Waals surface area contributed by atoms with E-state index in [1.54, 1.807) is 11.8 Å². The Morgan fingerprint density at radius 3 is 2.40 bits per heavy atom. The maximum atomic E-state index is 14.1. The number of benzene rings is 3. The molecule has 0 aromatic heterocycles. The van der Waals surface area contributed by atoms with Crippen LogP contribution in [0, 0.1) is 0 Å². The van der Waals surface area contributed by atoms with Crippen LogP contribution in [0.25, 0.3) is 0 Å². The molecule has 4 nitrogen and oxygen atoms in total. The lowest BCUT2D eigenvalue weighted by Gasteiger charge is -2.47. The van der Waals surface area contributed by atoms with E-state index in [0.29, 0.717) is 4.48 Å². The van der Waals surface area contributed by atoms with Crippen LogP contribution in [0.2, 0.25) is 5.02 Å². The van der Waals surface area contributed by atoms with Crippen molar-refractivity contribution in [2.24, 2.45) is 0 Å². The van der Waals surface area contributed by atoms with Gasteiger partial charge in [0, 0.05) is 53.5 Å². The number of carbonyl (C=O) groups is 1. The molecule has 2 bridgehead atoms. The standard InChI is InChI=1S/C29H30ClN2O2S/c30-21-11-14-28-26(17-21)31(25-9-4-5-10-27(25)35-28)15-6-16-32(29(34)20-7-2-1-3-8-20)22-12-13-23(32)19-24(33)18-22/h1-5,7-11,14,17,22-24,33H,6,12-13,15-16,18-19H2/q+1. The minimum Gasteiger partial charge on any atom is -0.393 e. The molecule has 2 atom stereocenters. The monoisotopic (exact) mass is 505 g/mol. The Morgan fingerprint density at radius 2 is 1.63 bits per heavy atom. The van der Waals surface area contributed by atoms with Gasteiger partial charge < -0.3 is 10.0 Å². The summed E-state index contributed by atoms with van der Waals surface area (Å²) < 4.78 is 0.494. The molecule has 6 rings (SSSR count). The second-order valence-electron chi connectivity index (χ2n) is 10.0. The molecule has 2 unspecified atom stereocenters. The predicted octanol–water partition coefficient (Wildman–Crippen LogP) is 6.68. The summed E-state index contributed by atoms with van der Waals surface area (Å²) in [6.45, 7) is 1.60. The average Bonchev–Trinajstić information content (AvgIpc) is 3.07. The summed E-state index contributed by atoms with van der Waals surface area (Å²) in [5, 5.41) is 11.2. The first-order chi connectivity index (χ1) is 17.1. The third-order valence-corrected chi connectivity index (χ3v) is 9.49. The highest BCUT2D eigenvalue weighted by atomic mass is 35.5. The number of carbonyl (C=O) groups excluding carboxylic acids is 1. The second kappa shape index (κ2) is 9.29. The number of aliphatic hydroxyl groups excluding tert-OH is 1. The van der Waals surface area contributed by atoms with Gasteiger partial charge in [0.25, 0.3) is 0 Å². The second-order valence-corrected chi connectivity index (χ2v) is 11.5. The fourth-order valence-corrected chi connectivity index (χ4v) is 7.88. The van der Waals surface area contributed by atoms with E-state index in [0.717, 1.165) is 61.5 Å². The number of hydrogen-bond donors (Lipinski definition) is 1. The van der Waals surface area contributed by atoms with E-state index in [-0.39, 0.29) is 24.1 Å². The fraction of sp³-hybridized carbons (Fsp3) is 0.345. The van der Waals surface area contributed by atoms with Gasteiger partial charge >= 0.3 is 5.91 Å². The van der Waals surface area contributed by atoms with Crippen molar-refractivity contribution in [3.05, 3.63) is 83.4 Å².